The third kappa shape index (κ3) is 5.10. The fraction of sp³-hybridized carbons (Fsp3) is 0.360. The van der Waals surface area contributed by atoms with Crippen molar-refractivity contribution in [3.8, 4) is 5.75 Å². The van der Waals surface area contributed by atoms with Gasteiger partial charge >= 0.3 is 0 Å². The van der Waals surface area contributed by atoms with Crippen LogP contribution >= 0.6 is 11.6 Å². The van der Waals surface area contributed by atoms with Crippen LogP contribution in [0.2, 0.25) is 5.02 Å². The minimum Gasteiger partial charge on any atom is -0.507 e. The minimum atomic E-state index is -0.679. The van der Waals surface area contributed by atoms with Crippen LogP contribution < -0.4 is 4.74 Å². The molecule has 2 aromatic carbocycles. The van der Waals surface area contributed by atoms with Crippen molar-refractivity contribution in [1.29, 1.82) is 0 Å². The zero-order chi connectivity index (χ0) is 22.5. The molecule has 1 fully saturated rings. The van der Waals surface area contributed by atoms with Gasteiger partial charge in [-0.05, 0) is 50.1 Å². The van der Waals surface area contributed by atoms with Gasteiger partial charge in [-0.25, -0.2) is 0 Å². The second kappa shape index (κ2) is 10.0. The van der Waals surface area contributed by atoms with Crippen LogP contribution in [-0.4, -0.2) is 34.3 Å². The summed E-state index contributed by atoms with van der Waals surface area (Å²) in [4.78, 5) is 27.4. The second-order valence-corrected chi connectivity index (χ2v) is 8.38. The standard InChI is InChI=1S/C25H28ClNO4/c1-4-5-6-14-27-22(17-10-12-20(13-11-17)31-16(2)3)21(24(29)25(27)30)23(28)18-8-7-9-19(26)15-18/h7-13,15-16,22,28H,4-6,14H2,1-3H3/b23-21-. The highest BCUT2D eigenvalue weighted by molar-refractivity contribution is 6.46. The first kappa shape index (κ1) is 22.9. The molecule has 1 N–H and O–H groups in total. The number of unbranched alkanes of at least 4 members (excludes halogenated alkanes) is 2. The van der Waals surface area contributed by atoms with Crippen LogP contribution in [0.15, 0.2) is 54.1 Å². The van der Waals surface area contributed by atoms with E-state index in [9.17, 15) is 14.7 Å². The van der Waals surface area contributed by atoms with Gasteiger partial charge in [0.25, 0.3) is 11.7 Å². The molecular weight excluding hydrogens is 414 g/mol. The number of likely N-dealkylation sites (tertiary alicyclic amines) is 1. The topological polar surface area (TPSA) is 66.8 Å². The molecule has 31 heavy (non-hydrogen) atoms. The smallest absolute Gasteiger partial charge is 0.295 e. The molecule has 0 aliphatic carbocycles. The zero-order valence-corrected chi connectivity index (χ0v) is 18.9. The lowest BCUT2D eigenvalue weighted by atomic mass is 9.95. The van der Waals surface area contributed by atoms with Gasteiger partial charge in [0.1, 0.15) is 11.5 Å². The number of benzene rings is 2. The highest BCUT2D eigenvalue weighted by atomic mass is 35.5. The predicted molar refractivity (Wildman–Crippen MR) is 122 cm³/mol. The molecule has 5 nitrogen and oxygen atoms in total. The molecule has 0 aromatic heterocycles. The van der Waals surface area contributed by atoms with E-state index in [1.165, 1.54) is 0 Å². The molecule has 0 bridgehead atoms. The Bertz CT molecular complexity index is 981. The summed E-state index contributed by atoms with van der Waals surface area (Å²) in [6.45, 7) is 6.42. The molecule has 1 unspecified atom stereocenters. The lowest BCUT2D eigenvalue weighted by Crippen LogP contribution is -2.30. The molecule has 0 spiro atoms. The number of nitrogens with zero attached hydrogens (tertiary/aromatic N) is 1. The summed E-state index contributed by atoms with van der Waals surface area (Å²) in [5.74, 6) is -0.781. The van der Waals surface area contributed by atoms with Crippen molar-refractivity contribution >= 4 is 29.1 Å². The van der Waals surface area contributed by atoms with Gasteiger partial charge in [-0.2, -0.15) is 0 Å². The highest BCUT2D eigenvalue weighted by Gasteiger charge is 2.45. The van der Waals surface area contributed by atoms with Crippen molar-refractivity contribution in [2.75, 3.05) is 6.54 Å². The fourth-order valence-electron chi connectivity index (χ4n) is 3.78. The monoisotopic (exact) mass is 441 g/mol. The second-order valence-electron chi connectivity index (χ2n) is 7.95. The van der Waals surface area contributed by atoms with Gasteiger partial charge in [-0.3, -0.25) is 9.59 Å². The van der Waals surface area contributed by atoms with E-state index in [0.717, 1.165) is 24.8 Å². The van der Waals surface area contributed by atoms with E-state index in [2.05, 4.69) is 6.92 Å². The van der Waals surface area contributed by atoms with Crippen LogP contribution in [0.1, 0.15) is 57.2 Å². The molecular formula is C25H28ClNO4. The van der Waals surface area contributed by atoms with Crippen molar-refractivity contribution in [2.24, 2.45) is 0 Å². The molecule has 2 aromatic rings. The van der Waals surface area contributed by atoms with Crippen LogP contribution in [-0.2, 0) is 9.59 Å². The molecule has 1 heterocycles. The van der Waals surface area contributed by atoms with Crippen LogP contribution in [0.3, 0.4) is 0 Å². The Balaban J connectivity index is 2.07. The fourth-order valence-corrected chi connectivity index (χ4v) is 3.97. The van der Waals surface area contributed by atoms with Crippen molar-refractivity contribution < 1.29 is 19.4 Å². The Labute approximate surface area is 188 Å². The maximum Gasteiger partial charge on any atom is 0.295 e. The Hall–Kier alpha value is -2.79. The normalized spacial score (nSPS) is 18.1. The average Bonchev–Trinajstić information content (AvgIpc) is 2.98. The summed E-state index contributed by atoms with van der Waals surface area (Å²) in [7, 11) is 0. The number of hydrogen-bond acceptors (Lipinski definition) is 4. The number of ketones is 1. The molecule has 1 amide bonds. The zero-order valence-electron chi connectivity index (χ0n) is 18.1. The van der Waals surface area contributed by atoms with Crippen molar-refractivity contribution in [3.05, 3.63) is 70.3 Å². The van der Waals surface area contributed by atoms with Gasteiger partial charge in [0.15, 0.2) is 0 Å². The summed E-state index contributed by atoms with van der Waals surface area (Å²) in [5.41, 5.74) is 1.24. The molecule has 3 rings (SSSR count). The number of ether oxygens (including phenoxy) is 1. The maximum atomic E-state index is 13.0. The largest absolute Gasteiger partial charge is 0.507 e. The first-order valence-corrected chi connectivity index (χ1v) is 11.0. The number of aliphatic hydroxyl groups excluding tert-OH is 1. The van der Waals surface area contributed by atoms with E-state index in [0.29, 0.717) is 22.9 Å². The van der Waals surface area contributed by atoms with E-state index < -0.39 is 17.7 Å². The van der Waals surface area contributed by atoms with Crippen LogP contribution in [0.4, 0.5) is 0 Å². The van der Waals surface area contributed by atoms with E-state index >= 15 is 0 Å². The SMILES string of the molecule is CCCCCN1C(=O)C(=O)/C(=C(\O)c2cccc(Cl)c2)C1c1ccc(OC(C)C)cc1. The van der Waals surface area contributed by atoms with Gasteiger partial charge in [0.05, 0.1) is 17.7 Å². The van der Waals surface area contributed by atoms with Gasteiger partial charge in [0.2, 0.25) is 0 Å². The van der Waals surface area contributed by atoms with E-state index in [1.54, 1.807) is 29.2 Å². The third-order valence-corrected chi connectivity index (χ3v) is 5.44. The summed E-state index contributed by atoms with van der Waals surface area (Å²) in [6, 6.07) is 13.3. The van der Waals surface area contributed by atoms with Crippen LogP contribution in [0.25, 0.3) is 5.76 Å². The summed E-state index contributed by atoms with van der Waals surface area (Å²) >= 11 is 6.08. The molecule has 1 aliphatic rings. The van der Waals surface area contributed by atoms with Crippen molar-refractivity contribution in [2.45, 2.75) is 52.2 Å². The molecule has 0 radical (unpaired) electrons. The molecule has 1 saturated heterocycles. The third-order valence-electron chi connectivity index (χ3n) is 5.21. The van der Waals surface area contributed by atoms with E-state index in [-0.39, 0.29) is 17.4 Å². The lowest BCUT2D eigenvalue weighted by Gasteiger charge is -2.25. The number of hydrogen-bond donors (Lipinski definition) is 1. The van der Waals surface area contributed by atoms with E-state index in [4.69, 9.17) is 16.3 Å². The summed E-state index contributed by atoms with van der Waals surface area (Å²) in [6.07, 6.45) is 2.77. The van der Waals surface area contributed by atoms with Gasteiger partial charge < -0.3 is 14.7 Å². The van der Waals surface area contributed by atoms with E-state index in [1.807, 2.05) is 38.1 Å². The molecule has 164 valence electrons. The minimum absolute atomic E-state index is 0.0355. The van der Waals surface area contributed by atoms with Gasteiger partial charge in [0, 0.05) is 17.1 Å². The Kier molecular flexibility index (Phi) is 7.39. The Morgan fingerprint density at radius 1 is 1.13 bits per heavy atom. The Morgan fingerprint density at radius 2 is 1.84 bits per heavy atom. The van der Waals surface area contributed by atoms with Crippen molar-refractivity contribution in [1.82, 2.24) is 4.90 Å². The number of carbonyl (C=O) groups excluding carboxylic acids is 2. The summed E-state index contributed by atoms with van der Waals surface area (Å²) < 4.78 is 5.71. The number of amides is 1. The van der Waals surface area contributed by atoms with Crippen LogP contribution in [0.5, 0.6) is 5.75 Å². The lowest BCUT2D eigenvalue weighted by molar-refractivity contribution is -0.139. The summed E-state index contributed by atoms with van der Waals surface area (Å²) in [5, 5.41) is 11.5. The number of Topliss-reactive ketones (excluding diaryl/α,β-unsaturated/α-hetero) is 1. The van der Waals surface area contributed by atoms with Gasteiger partial charge in [-0.15, -0.1) is 0 Å². The predicted octanol–water partition coefficient (Wildman–Crippen LogP) is 5.74. The Morgan fingerprint density at radius 3 is 2.45 bits per heavy atom. The number of aliphatic hydroxyl groups is 1. The van der Waals surface area contributed by atoms with Crippen molar-refractivity contribution in [3.63, 3.8) is 0 Å². The number of carbonyl (C=O) groups is 2. The highest BCUT2D eigenvalue weighted by Crippen LogP contribution is 2.40. The first-order valence-electron chi connectivity index (χ1n) is 10.6. The average molecular weight is 442 g/mol. The first-order chi connectivity index (χ1) is 14.8. The number of halogens is 1. The molecule has 6 heteroatoms. The number of rotatable bonds is 8. The van der Waals surface area contributed by atoms with Gasteiger partial charge in [-0.1, -0.05) is 55.6 Å². The molecule has 0 saturated carbocycles. The molecule has 1 aliphatic heterocycles. The van der Waals surface area contributed by atoms with Crippen LogP contribution in [0, 0.1) is 0 Å². The quantitative estimate of drug-likeness (QED) is 0.245. The molecule has 1 atom stereocenters. The maximum absolute atomic E-state index is 13.0.